The number of pyridine rings is 1. The summed E-state index contributed by atoms with van der Waals surface area (Å²) in [6.45, 7) is 4.09. The van der Waals surface area contributed by atoms with Gasteiger partial charge in [0, 0.05) is 11.8 Å². The van der Waals surface area contributed by atoms with E-state index in [9.17, 15) is 0 Å². The van der Waals surface area contributed by atoms with Crippen LogP contribution in [0.5, 0.6) is 5.88 Å². The second-order valence-electron chi connectivity index (χ2n) is 5.39. The Morgan fingerprint density at radius 2 is 1.91 bits per heavy atom. The highest BCUT2D eigenvalue weighted by Crippen LogP contribution is 2.34. The number of benzene rings is 1. The van der Waals surface area contributed by atoms with Crippen LogP contribution in [0.4, 0.5) is 0 Å². The first-order valence-electron chi connectivity index (χ1n) is 7.19. The summed E-state index contributed by atoms with van der Waals surface area (Å²) in [5, 5.41) is 0.912. The summed E-state index contributed by atoms with van der Waals surface area (Å²) in [5.41, 5.74) is 5.80. The molecule has 0 aliphatic heterocycles. The molecular weight excluding hydrogens is 308 g/mol. The summed E-state index contributed by atoms with van der Waals surface area (Å²) < 4.78 is 5.17. The smallest absolute Gasteiger partial charge is 0.232 e. The minimum Gasteiger partial charge on any atom is -0.480 e. The van der Waals surface area contributed by atoms with Gasteiger partial charge in [0.15, 0.2) is 0 Å². The van der Waals surface area contributed by atoms with Crippen molar-refractivity contribution in [2.45, 2.75) is 13.8 Å². The number of nitrogens with zero attached hydrogens (tertiary/aromatic N) is 4. The zero-order chi connectivity index (χ0) is 16.0. The lowest BCUT2D eigenvalue weighted by atomic mass is 10.1. The van der Waals surface area contributed by atoms with E-state index in [0.717, 1.165) is 43.1 Å². The first-order valence-corrected chi connectivity index (χ1v) is 8.01. The maximum absolute atomic E-state index is 5.17. The van der Waals surface area contributed by atoms with Gasteiger partial charge in [-0.3, -0.25) is 0 Å². The molecule has 0 amide bonds. The summed E-state index contributed by atoms with van der Waals surface area (Å²) in [5.74, 6) is 0.510. The lowest BCUT2D eigenvalue weighted by Crippen LogP contribution is -1.93. The van der Waals surface area contributed by atoms with Crippen molar-refractivity contribution in [1.29, 1.82) is 0 Å². The fourth-order valence-corrected chi connectivity index (χ4v) is 3.58. The lowest BCUT2D eigenvalue weighted by Gasteiger charge is -2.06. The molecule has 0 saturated heterocycles. The fourth-order valence-electron chi connectivity index (χ4n) is 2.58. The van der Waals surface area contributed by atoms with Gasteiger partial charge in [0.05, 0.1) is 24.3 Å². The molecule has 3 aromatic heterocycles. The number of hydrogen-bond acceptors (Lipinski definition) is 6. The molecule has 0 atom stereocenters. The summed E-state index contributed by atoms with van der Waals surface area (Å²) in [6, 6.07) is 6.08. The summed E-state index contributed by atoms with van der Waals surface area (Å²) in [7, 11) is 1.59. The molecule has 3 heterocycles. The van der Waals surface area contributed by atoms with Crippen molar-refractivity contribution >= 4 is 32.7 Å². The van der Waals surface area contributed by atoms with Crippen LogP contribution in [0.1, 0.15) is 11.1 Å². The average molecular weight is 322 g/mol. The van der Waals surface area contributed by atoms with E-state index in [0.29, 0.717) is 5.88 Å². The molecule has 23 heavy (non-hydrogen) atoms. The summed E-state index contributed by atoms with van der Waals surface area (Å²) in [4.78, 5) is 19.1. The average Bonchev–Trinajstić information content (AvgIpc) is 2.99. The second kappa shape index (κ2) is 5.24. The molecule has 1 aromatic carbocycles. The van der Waals surface area contributed by atoms with Crippen LogP contribution < -0.4 is 4.74 Å². The van der Waals surface area contributed by atoms with Gasteiger partial charge < -0.3 is 4.74 Å². The van der Waals surface area contributed by atoms with Crippen LogP contribution in [0.25, 0.3) is 32.0 Å². The van der Waals surface area contributed by atoms with E-state index in [1.807, 2.05) is 32.2 Å². The second-order valence-corrected chi connectivity index (χ2v) is 6.37. The van der Waals surface area contributed by atoms with Gasteiger partial charge in [-0.15, -0.1) is 0 Å². The Kier molecular flexibility index (Phi) is 3.20. The molecule has 0 N–H and O–H groups in total. The van der Waals surface area contributed by atoms with Crippen LogP contribution in [0.3, 0.4) is 0 Å². The van der Waals surface area contributed by atoms with Crippen molar-refractivity contribution in [3.05, 3.63) is 41.7 Å². The van der Waals surface area contributed by atoms with E-state index in [1.165, 1.54) is 0 Å². The van der Waals surface area contributed by atoms with Crippen LogP contribution in [0, 0.1) is 13.8 Å². The van der Waals surface area contributed by atoms with Crippen LogP contribution in [0.2, 0.25) is 0 Å². The molecule has 0 fully saturated rings. The highest BCUT2D eigenvalue weighted by molar-refractivity contribution is 7.21. The van der Waals surface area contributed by atoms with E-state index in [-0.39, 0.29) is 0 Å². The Balaban J connectivity index is 2.01. The third kappa shape index (κ3) is 2.31. The number of rotatable bonds is 2. The molecule has 4 rings (SSSR count). The van der Waals surface area contributed by atoms with Gasteiger partial charge >= 0.3 is 0 Å². The number of hydrogen-bond donors (Lipinski definition) is 0. The Hall–Kier alpha value is -2.60. The van der Waals surface area contributed by atoms with Crippen LogP contribution in [0.15, 0.2) is 30.6 Å². The van der Waals surface area contributed by atoms with E-state index in [2.05, 4.69) is 21.0 Å². The van der Waals surface area contributed by atoms with Gasteiger partial charge in [0.25, 0.3) is 0 Å². The van der Waals surface area contributed by atoms with Gasteiger partial charge in [-0.1, -0.05) is 11.3 Å². The van der Waals surface area contributed by atoms with Gasteiger partial charge in [-0.2, -0.15) is 0 Å². The van der Waals surface area contributed by atoms with Crippen molar-refractivity contribution in [1.82, 2.24) is 19.9 Å². The molecule has 6 heteroatoms. The number of methoxy groups -OCH3 is 1. The maximum Gasteiger partial charge on any atom is 0.232 e. The number of ether oxygens (including phenoxy) is 1. The predicted molar refractivity (Wildman–Crippen MR) is 92.0 cm³/mol. The van der Waals surface area contributed by atoms with Crippen molar-refractivity contribution in [3.8, 4) is 16.5 Å². The maximum atomic E-state index is 5.17. The molecular formula is C17H14N4OS. The minimum absolute atomic E-state index is 0.510. The standard InChI is InChI=1S/C17H14N4OS/c1-9-6-11(15-12(7-9)20-13(22-3)8-19-15)16-21-14-10(2)4-5-18-17(14)23-16/h4-8H,1-3H3. The fraction of sp³-hybridized carbons (Fsp3) is 0.176. The van der Waals surface area contributed by atoms with Gasteiger partial charge in [-0.25, -0.2) is 19.9 Å². The Morgan fingerprint density at radius 3 is 2.70 bits per heavy atom. The van der Waals surface area contributed by atoms with Crippen LogP contribution in [-0.2, 0) is 0 Å². The molecule has 0 saturated carbocycles. The molecule has 0 spiro atoms. The monoisotopic (exact) mass is 322 g/mol. The molecule has 114 valence electrons. The van der Waals surface area contributed by atoms with Crippen molar-refractivity contribution in [2.75, 3.05) is 7.11 Å². The van der Waals surface area contributed by atoms with E-state index >= 15 is 0 Å². The molecule has 0 aliphatic rings. The van der Waals surface area contributed by atoms with Crippen molar-refractivity contribution < 1.29 is 4.74 Å². The number of thiazole rings is 1. The quantitative estimate of drug-likeness (QED) is 0.559. The summed E-state index contributed by atoms with van der Waals surface area (Å²) >= 11 is 1.58. The molecule has 0 aliphatic carbocycles. The highest BCUT2D eigenvalue weighted by Gasteiger charge is 2.14. The minimum atomic E-state index is 0.510. The molecule has 0 radical (unpaired) electrons. The molecule has 4 aromatic rings. The third-order valence-corrected chi connectivity index (χ3v) is 4.70. The van der Waals surface area contributed by atoms with Crippen LogP contribution >= 0.6 is 11.3 Å². The van der Waals surface area contributed by atoms with E-state index in [1.54, 1.807) is 24.6 Å². The predicted octanol–water partition coefficient (Wildman–Crippen LogP) is 3.93. The first-order chi connectivity index (χ1) is 11.2. The van der Waals surface area contributed by atoms with Crippen molar-refractivity contribution in [2.24, 2.45) is 0 Å². The SMILES string of the molecule is COc1cnc2c(-c3nc4c(C)ccnc4s3)cc(C)cc2n1. The lowest BCUT2D eigenvalue weighted by molar-refractivity contribution is 0.397. The van der Waals surface area contributed by atoms with Gasteiger partial charge in [0.1, 0.15) is 15.4 Å². The Bertz CT molecular complexity index is 1040. The first kappa shape index (κ1) is 14.0. The molecule has 0 bridgehead atoms. The zero-order valence-corrected chi connectivity index (χ0v) is 13.8. The largest absolute Gasteiger partial charge is 0.480 e. The molecule has 5 nitrogen and oxygen atoms in total. The van der Waals surface area contributed by atoms with E-state index in [4.69, 9.17) is 9.72 Å². The van der Waals surface area contributed by atoms with Gasteiger partial charge in [0.2, 0.25) is 5.88 Å². The number of fused-ring (bicyclic) bond motifs is 2. The summed E-state index contributed by atoms with van der Waals surface area (Å²) in [6.07, 6.45) is 3.45. The highest BCUT2D eigenvalue weighted by atomic mass is 32.1. The van der Waals surface area contributed by atoms with Gasteiger partial charge in [-0.05, 0) is 43.2 Å². The number of aromatic nitrogens is 4. The third-order valence-electron chi connectivity index (χ3n) is 3.71. The Labute approximate surface area is 137 Å². The topological polar surface area (TPSA) is 60.8 Å². The van der Waals surface area contributed by atoms with Crippen molar-refractivity contribution in [3.63, 3.8) is 0 Å². The Morgan fingerprint density at radius 1 is 1.04 bits per heavy atom. The van der Waals surface area contributed by atoms with E-state index < -0.39 is 0 Å². The molecule has 0 unspecified atom stereocenters. The normalized spacial score (nSPS) is 11.3. The van der Waals surface area contributed by atoms with Crippen LogP contribution in [-0.4, -0.2) is 27.0 Å². The number of aryl methyl sites for hydroxylation is 2. The zero-order valence-electron chi connectivity index (χ0n) is 13.0.